The van der Waals surface area contributed by atoms with E-state index >= 15 is 0 Å². The van der Waals surface area contributed by atoms with Crippen LogP contribution in [-0.2, 0) is 28.9 Å². The number of nitrogens with zero attached hydrogens (tertiary/aromatic N) is 1. The summed E-state index contributed by atoms with van der Waals surface area (Å²) in [6, 6.07) is 6.48. The van der Waals surface area contributed by atoms with Crippen molar-refractivity contribution in [2.75, 3.05) is 38.5 Å². The Morgan fingerprint density at radius 2 is 1.85 bits per heavy atom. The van der Waals surface area contributed by atoms with Gasteiger partial charge in [0.25, 0.3) is 0 Å². The van der Waals surface area contributed by atoms with Gasteiger partial charge in [-0.15, -0.1) is 11.3 Å². The van der Waals surface area contributed by atoms with Crippen LogP contribution in [0.2, 0.25) is 0 Å². The predicted molar refractivity (Wildman–Crippen MR) is 154 cm³/mol. The highest BCUT2D eigenvalue weighted by atomic mass is 32.1. The van der Waals surface area contributed by atoms with E-state index in [1.165, 1.54) is 36.3 Å². The summed E-state index contributed by atoms with van der Waals surface area (Å²) in [7, 11) is 4.66. The van der Waals surface area contributed by atoms with E-state index in [-0.39, 0.29) is 29.5 Å². The minimum atomic E-state index is -0.412. The lowest BCUT2D eigenvalue weighted by atomic mass is 9.95. The van der Waals surface area contributed by atoms with Gasteiger partial charge >= 0.3 is 0 Å². The van der Waals surface area contributed by atoms with Crippen molar-refractivity contribution in [3.05, 3.63) is 56.2 Å². The van der Waals surface area contributed by atoms with E-state index in [2.05, 4.69) is 20.9 Å². The van der Waals surface area contributed by atoms with Gasteiger partial charge < -0.3 is 30.2 Å². The number of hydrogen-bond acceptors (Lipinski definition) is 9. The zero-order chi connectivity index (χ0) is 28.4. The molecule has 10 nitrogen and oxygen atoms in total. The number of ether oxygens (including phenoxy) is 3. The molecule has 1 heterocycles. The topological polar surface area (TPSA) is 128 Å². The second-order valence-corrected chi connectivity index (χ2v) is 10.8. The van der Waals surface area contributed by atoms with Crippen LogP contribution < -0.4 is 35.6 Å². The predicted octanol–water partition coefficient (Wildman–Crippen LogP) is 3.86. The largest absolute Gasteiger partial charge is 0.493 e. The molecule has 2 aliphatic rings. The number of rotatable bonds is 8. The number of benzene rings is 1. The molecule has 2 aromatic carbocycles. The fourth-order valence-corrected chi connectivity index (χ4v) is 6.50. The van der Waals surface area contributed by atoms with Crippen molar-refractivity contribution in [1.29, 1.82) is 0 Å². The monoisotopic (exact) mass is 564 g/mol. The van der Waals surface area contributed by atoms with Gasteiger partial charge in [0.05, 0.1) is 45.3 Å². The van der Waals surface area contributed by atoms with Crippen LogP contribution in [0.5, 0.6) is 17.2 Å². The first-order valence-electron chi connectivity index (χ1n) is 13.1. The van der Waals surface area contributed by atoms with Crippen LogP contribution in [0.4, 0.5) is 10.8 Å². The lowest BCUT2D eigenvalue weighted by Gasteiger charge is -2.19. The molecule has 210 valence electrons. The first-order valence-corrected chi connectivity index (χ1v) is 13.9. The van der Waals surface area contributed by atoms with E-state index in [9.17, 15) is 14.4 Å². The van der Waals surface area contributed by atoms with Gasteiger partial charge in [0, 0.05) is 17.4 Å². The van der Waals surface area contributed by atoms with Gasteiger partial charge in [0.1, 0.15) is 0 Å². The molecular weight excluding hydrogens is 532 g/mol. The molecule has 2 amide bonds. The SMILES string of the molecule is COc1cc2c(c(OC)c1OC)-c1ccc(NCC(=O)Nc3nc4c(s3)CCC4)c(=O)cc1C(NC(C)=O)CC2. The minimum Gasteiger partial charge on any atom is -0.493 e. The maximum Gasteiger partial charge on any atom is 0.245 e. The standard InChI is InChI=1S/C29H32N4O6S/c1-15(34)31-19-10-8-16-12-23(37-2)27(38-3)28(39-4)26(16)17-9-11-20(22(35)13-18(17)19)30-14-25(36)33-29-32-21-6-5-7-24(21)40-29/h9,11-13,19H,5-8,10,14H2,1-4H3,(H,30,35)(H,31,34)(H,32,33,36). The number of hydrogen-bond donors (Lipinski definition) is 3. The summed E-state index contributed by atoms with van der Waals surface area (Å²) in [6.07, 6.45) is 4.21. The molecule has 40 heavy (non-hydrogen) atoms. The summed E-state index contributed by atoms with van der Waals surface area (Å²) in [5.41, 5.74) is 4.08. The van der Waals surface area contributed by atoms with Gasteiger partial charge in [-0.25, -0.2) is 4.98 Å². The summed E-state index contributed by atoms with van der Waals surface area (Å²) in [5, 5.41) is 9.37. The first-order chi connectivity index (χ1) is 19.3. The van der Waals surface area contributed by atoms with Crippen LogP contribution in [0.15, 0.2) is 29.1 Å². The molecular formula is C29H32N4O6S. The van der Waals surface area contributed by atoms with Crippen molar-refractivity contribution in [2.24, 2.45) is 0 Å². The number of nitrogens with one attached hydrogen (secondary N) is 3. The number of anilines is 2. The summed E-state index contributed by atoms with van der Waals surface area (Å²) >= 11 is 1.50. The quantitative estimate of drug-likeness (QED) is 0.376. The van der Waals surface area contributed by atoms with Crippen molar-refractivity contribution in [1.82, 2.24) is 10.3 Å². The Kier molecular flexibility index (Phi) is 7.92. The zero-order valence-electron chi connectivity index (χ0n) is 22.9. The van der Waals surface area contributed by atoms with Gasteiger partial charge in [-0.1, -0.05) is 6.07 Å². The van der Waals surface area contributed by atoms with Crippen LogP contribution in [-0.4, -0.2) is 44.7 Å². The number of amides is 2. The molecule has 0 bridgehead atoms. The van der Waals surface area contributed by atoms with Crippen molar-refractivity contribution in [2.45, 2.75) is 45.1 Å². The van der Waals surface area contributed by atoms with Gasteiger partial charge in [-0.05, 0) is 67.0 Å². The van der Waals surface area contributed by atoms with Gasteiger partial charge in [-0.2, -0.15) is 0 Å². The normalized spacial score (nSPS) is 15.2. The summed E-state index contributed by atoms with van der Waals surface area (Å²) in [6.45, 7) is 1.35. The third-order valence-corrected chi connectivity index (χ3v) is 8.27. The number of thiazole rings is 1. The molecule has 0 fully saturated rings. The fourth-order valence-electron chi connectivity index (χ4n) is 5.44. The van der Waals surface area contributed by atoms with E-state index in [1.54, 1.807) is 20.3 Å². The minimum absolute atomic E-state index is 0.103. The molecule has 1 atom stereocenters. The Morgan fingerprint density at radius 1 is 1.05 bits per heavy atom. The Bertz CT molecular complexity index is 1510. The fraction of sp³-hybridized carbons (Fsp3) is 0.379. The molecule has 1 unspecified atom stereocenters. The number of aryl methyl sites for hydroxylation is 3. The van der Waals surface area contributed by atoms with E-state index in [0.717, 1.165) is 41.6 Å². The molecule has 5 rings (SSSR count). The van der Waals surface area contributed by atoms with E-state index in [4.69, 9.17) is 14.2 Å². The molecule has 0 aliphatic heterocycles. The smallest absolute Gasteiger partial charge is 0.245 e. The van der Waals surface area contributed by atoms with Crippen LogP contribution >= 0.6 is 11.3 Å². The van der Waals surface area contributed by atoms with Gasteiger partial charge in [-0.3, -0.25) is 14.4 Å². The summed E-state index contributed by atoms with van der Waals surface area (Å²) in [5.74, 6) is 0.946. The maximum absolute atomic E-state index is 13.4. The average Bonchev–Trinajstić information content (AvgIpc) is 3.44. The highest BCUT2D eigenvalue weighted by Gasteiger charge is 2.29. The number of aromatic nitrogens is 1. The molecule has 3 N–H and O–H groups in total. The summed E-state index contributed by atoms with van der Waals surface area (Å²) in [4.78, 5) is 43.9. The third-order valence-electron chi connectivity index (χ3n) is 7.20. The van der Waals surface area contributed by atoms with Crippen molar-refractivity contribution >= 4 is 34.0 Å². The van der Waals surface area contributed by atoms with Crippen LogP contribution in [0, 0.1) is 0 Å². The van der Waals surface area contributed by atoms with Gasteiger partial charge in [0.2, 0.25) is 23.0 Å². The number of methoxy groups -OCH3 is 3. The first kappa shape index (κ1) is 27.4. The van der Waals surface area contributed by atoms with Crippen molar-refractivity contribution in [3.8, 4) is 28.4 Å². The zero-order valence-corrected chi connectivity index (χ0v) is 23.8. The average molecular weight is 565 g/mol. The Morgan fingerprint density at radius 3 is 2.55 bits per heavy atom. The number of carbonyl (C=O) groups excluding carboxylic acids is 2. The highest BCUT2D eigenvalue weighted by Crippen LogP contribution is 2.50. The van der Waals surface area contributed by atoms with Gasteiger partial charge in [0.15, 0.2) is 16.6 Å². The molecule has 0 radical (unpaired) electrons. The second-order valence-electron chi connectivity index (χ2n) is 9.74. The van der Waals surface area contributed by atoms with Crippen molar-refractivity contribution in [3.63, 3.8) is 0 Å². The Balaban J connectivity index is 1.51. The lowest BCUT2D eigenvalue weighted by molar-refractivity contribution is -0.119. The lowest BCUT2D eigenvalue weighted by Crippen LogP contribution is -2.27. The molecule has 0 saturated carbocycles. The van der Waals surface area contributed by atoms with Crippen LogP contribution in [0.25, 0.3) is 11.1 Å². The van der Waals surface area contributed by atoms with E-state index in [0.29, 0.717) is 40.8 Å². The Labute approximate surface area is 236 Å². The number of carbonyl (C=O) groups is 2. The Hall–Kier alpha value is -4.12. The van der Waals surface area contributed by atoms with Crippen LogP contribution in [0.3, 0.4) is 0 Å². The van der Waals surface area contributed by atoms with E-state index in [1.807, 2.05) is 12.1 Å². The van der Waals surface area contributed by atoms with E-state index < -0.39 is 6.04 Å². The number of fused-ring (bicyclic) bond motifs is 4. The molecule has 1 aromatic heterocycles. The third kappa shape index (κ3) is 5.33. The molecule has 0 spiro atoms. The van der Waals surface area contributed by atoms with Crippen LogP contribution in [0.1, 0.15) is 47.5 Å². The van der Waals surface area contributed by atoms with Crippen molar-refractivity contribution < 1.29 is 23.8 Å². The second kappa shape index (κ2) is 11.5. The maximum atomic E-state index is 13.4. The molecule has 2 aliphatic carbocycles. The molecule has 11 heteroatoms. The molecule has 3 aromatic rings. The molecule has 0 saturated heterocycles. The highest BCUT2D eigenvalue weighted by molar-refractivity contribution is 7.15. The summed E-state index contributed by atoms with van der Waals surface area (Å²) < 4.78 is 17.0.